The van der Waals surface area contributed by atoms with E-state index in [1.54, 1.807) is 0 Å². The molecule has 1 heterocycles. The summed E-state index contributed by atoms with van der Waals surface area (Å²) >= 11 is 0. The van der Waals surface area contributed by atoms with Crippen LogP contribution in [-0.2, 0) is 18.9 Å². The maximum Gasteiger partial charge on any atom is 0.0701 e. The molecule has 0 radical (unpaired) electrons. The molecule has 7 nitrogen and oxygen atoms in total. The quantitative estimate of drug-likeness (QED) is 0.372. The molecule has 34 heavy (non-hydrogen) atoms. The summed E-state index contributed by atoms with van der Waals surface area (Å²) in [6, 6.07) is 0. The van der Waals surface area contributed by atoms with Gasteiger partial charge in [0.25, 0.3) is 0 Å². The fourth-order valence-corrected chi connectivity index (χ4v) is 4.23. The second-order valence-electron chi connectivity index (χ2n) is 9.46. The average Bonchev–Trinajstić information content (AvgIpc) is 2.85. The summed E-state index contributed by atoms with van der Waals surface area (Å²) in [7, 11) is 0. The molecule has 7 heteroatoms. The molecule has 0 aromatic rings. The van der Waals surface area contributed by atoms with Gasteiger partial charge in [0.2, 0.25) is 0 Å². The van der Waals surface area contributed by atoms with Crippen LogP contribution in [0, 0.1) is 0 Å². The topological polar surface area (TPSA) is 69.4 Å². The lowest BCUT2D eigenvalue weighted by Gasteiger charge is -2.23. The summed E-state index contributed by atoms with van der Waals surface area (Å²) in [5.74, 6) is 0. The minimum Gasteiger partial charge on any atom is -0.378 e. The van der Waals surface area contributed by atoms with Crippen LogP contribution in [0.4, 0.5) is 0 Å². The van der Waals surface area contributed by atoms with Gasteiger partial charge in [0.05, 0.1) is 52.9 Å². The fraction of sp³-hybridized carbons (Fsp3) is 1.00. The maximum atomic E-state index is 5.84. The number of hydrogen-bond acceptors (Lipinski definition) is 7. The Morgan fingerprint density at radius 2 is 0.824 bits per heavy atom. The number of nitrogens with zero attached hydrogens (tertiary/aromatic N) is 2. The van der Waals surface area contributed by atoms with Crippen molar-refractivity contribution in [3.8, 4) is 0 Å². The van der Waals surface area contributed by atoms with E-state index in [0.29, 0.717) is 26.4 Å². The van der Waals surface area contributed by atoms with Crippen molar-refractivity contribution in [2.75, 3.05) is 98.7 Å². The number of nitrogens with two attached hydrogens (primary N) is 1. The van der Waals surface area contributed by atoms with Gasteiger partial charge in [-0.25, -0.2) is 0 Å². The monoisotopic (exact) mass is 487 g/mol. The molecule has 0 aliphatic carbocycles. The average molecular weight is 488 g/mol. The predicted octanol–water partition coefficient (Wildman–Crippen LogP) is 3.94. The normalized spacial score (nSPS) is 19.6. The van der Waals surface area contributed by atoms with Gasteiger partial charge in [0.15, 0.2) is 0 Å². The molecule has 1 fully saturated rings. The van der Waals surface area contributed by atoms with E-state index in [4.69, 9.17) is 24.7 Å². The molecule has 0 atom stereocenters. The first-order valence-corrected chi connectivity index (χ1v) is 14.3. The third-order valence-corrected chi connectivity index (χ3v) is 6.46. The fourth-order valence-electron chi connectivity index (χ4n) is 4.23. The number of rotatable bonds is 14. The Bertz CT molecular complexity index is 384. The Morgan fingerprint density at radius 3 is 1.21 bits per heavy atom. The Labute approximate surface area is 211 Å². The van der Waals surface area contributed by atoms with Gasteiger partial charge in [-0.15, -0.1) is 0 Å². The lowest BCUT2D eigenvalue weighted by molar-refractivity contribution is 0.00789. The van der Waals surface area contributed by atoms with Crippen molar-refractivity contribution in [3.63, 3.8) is 0 Å². The molecular formula is C27H57N3O4. The molecule has 204 valence electrons. The van der Waals surface area contributed by atoms with Crippen molar-refractivity contribution < 1.29 is 18.9 Å². The van der Waals surface area contributed by atoms with Crippen LogP contribution in [0.5, 0.6) is 0 Å². The maximum absolute atomic E-state index is 5.84. The van der Waals surface area contributed by atoms with E-state index >= 15 is 0 Å². The first-order chi connectivity index (χ1) is 16.9. The molecule has 1 aliphatic rings. The Balaban J connectivity index is 2.19. The van der Waals surface area contributed by atoms with Crippen LogP contribution in [0.15, 0.2) is 0 Å². The highest BCUT2D eigenvalue weighted by atomic mass is 16.5. The Morgan fingerprint density at radius 1 is 0.471 bits per heavy atom. The summed E-state index contributed by atoms with van der Waals surface area (Å²) in [5, 5.41) is 0. The van der Waals surface area contributed by atoms with Gasteiger partial charge in [-0.05, 0) is 32.5 Å². The Hall–Kier alpha value is -0.280. The van der Waals surface area contributed by atoms with Gasteiger partial charge in [-0.1, -0.05) is 64.7 Å². The molecule has 0 bridgehead atoms. The first kappa shape index (κ1) is 31.7. The highest BCUT2D eigenvalue weighted by Crippen LogP contribution is 2.11. The van der Waals surface area contributed by atoms with Gasteiger partial charge < -0.3 is 24.7 Å². The molecule has 0 aromatic carbocycles. The standard InChI is InChI=1S/C27H57N3O4/c1-2-3-4-5-6-7-8-9-10-11-14-29-16-20-31-24-26-33-22-18-30(15-12-13-28)19-23-34-27-25-32-21-17-29/h2-28H2,1H3. The second kappa shape index (κ2) is 25.8. The number of hydrogen-bond donors (Lipinski definition) is 1. The minimum absolute atomic E-state index is 0.656. The van der Waals surface area contributed by atoms with Gasteiger partial charge in [-0.2, -0.15) is 0 Å². The third-order valence-electron chi connectivity index (χ3n) is 6.46. The Kier molecular flexibility index (Phi) is 24.1. The van der Waals surface area contributed by atoms with E-state index in [9.17, 15) is 0 Å². The predicted molar refractivity (Wildman–Crippen MR) is 142 cm³/mol. The largest absolute Gasteiger partial charge is 0.378 e. The van der Waals surface area contributed by atoms with Crippen LogP contribution in [0.2, 0.25) is 0 Å². The number of unbranched alkanes of at least 4 members (excludes halogenated alkanes) is 9. The van der Waals surface area contributed by atoms with Gasteiger partial charge >= 0.3 is 0 Å². The van der Waals surface area contributed by atoms with Crippen LogP contribution in [0.1, 0.15) is 77.6 Å². The molecule has 0 aromatic heterocycles. The molecular weight excluding hydrogens is 430 g/mol. The van der Waals surface area contributed by atoms with E-state index in [0.717, 1.165) is 78.7 Å². The molecule has 2 N–H and O–H groups in total. The van der Waals surface area contributed by atoms with Crippen LogP contribution < -0.4 is 5.73 Å². The SMILES string of the molecule is CCCCCCCCCCCCN1CCOCCOCCN(CCCN)CCOCCOCC1. The van der Waals surface area contributed by atoms with Crippen molar-refractivity contribution in [3.05, 3.63) is 0 Å². The zero-order chi connectivity index (χ0) is 24.4. The van der Waals surface area contributed by atoms with Crippen LogP contribution >= 0.6 is 0 Å². The van der Waals surface area contributed by atoms with Crippen molar-refractivity contribution in [1.29, 1.82) is 0 Å². The summed E-state index contributed by atoms with van der Waals surface area (Å²) < 4.78 is 23.3. The van der Waals surface area contributed by atoms with E-state index in [1.807, 2.05) is 0 Å². The second-order valence-corrected chi connectivity index (χ2v) is 9.46. The molecule has 0 unspecified atom stereocenters. The van der Waals surface area contributed by atoms with Crippen LogP contribution in [0.3, 0.4) is 0 Å². The van der Waals surface area contributed by atoms with Crippen molar-refractivity contribution in [2.24, 2.45) is 5.73 Å². The smallest absolute Gasteiger partial charge is 0.0701 e. The zero-order valence-electron chi connectivity index (χ0n) is 22.5. The highest BCUT2D eigenvalue weighted by Gasteiger charge is 2.07. The minimum atomic E-state index is 0.656. The molecule has 1 aliphatic heterocycles. The lowest BCUT2D eigenvalue weighted by atomic mass is 10.1. The summed E-state index contributed by atoms with van der Waals surface area (Å²) in [6.45, 7) is 14.5. The van der Waals surface area contributed by atoms with Crippen LogP contribution in [0.25, 0.3) is 0 Å². The highest BCUT2D eigenvalue weighted by molar-refractivity contribution is 4.60. The molecule has 0 saturated carbocycles. The summed E-state index contributed by atoms with van der Waals surface area (Å²) in [4.78, 5) is 4.86. The van der Waals surface area contributed by atoms with Crippen molar-refractivity contribution in [1.82, 2.24) is 9.80 Å². The number of ether oxygens (including phenoxy) is 4. The third kappa shape index (κ3) is 21.0. The van der Waals surface area contributed by atoms with Gasteiger partial charge in [0, 0.05) is 26.2 Å². The zero-order valence-corrected chi connectivity index (χ0v) is 22.5. The summed E-state index contributed by atoms with van der Waals surface area (Å²) in [5.41, 5.74) is 5.67. The first-order valence-electron chi connectivity index (χ1n) is 14.3. The summed E-state index contributed by atoms with van der Waals surface area (Å²) in [6.07, 6.45) is 14.8. The molecule has 1 saturated heterocycles. The van der Waals surface area contributed by atoms with Gasteiger partial charge in [0.1, 0.15) is 0 Å². The van der Waals surface area contributed by atoms with Gasteiger partial charge in [-0.3, -0.25) is 9.80 Å². The lowest BCUT2D eigenvalue weighted by Crippen LogP contribution is -2.34. The molecule has 0 spiro atoms. The molecule has 0 amide bonds. The van der Waals surface area contributed by atoms with E-state index < -0.39 is 0 Å². The van der Waals surface area contributed by atoms with E-state index in [1.165, 1.54) is 64.2 Å². The van der Waals surface area contributed by atoms with Crippen molar-refractivity contribution in [2.45, 2.75) is 77.6 Å². The van der Waals surface area contributed by atoms with Crippen molar-refractivity contribution >= 4 is 0 Å². The van der Waals surface area contributed by atoms with E-state index in [2.05, 4.69) is 16.7 Å². The molecule has 1 rings (SSSR count). The van der Waals surface area contributed by atoms with Crippen LogP contribution in [-0.4, -0.2) is 108 Å². The van der Waals surface area contributed by atoms with E-state index in [-0.39, 0.29) is 0 Å².